The molecule has 0 aliphatic carbocycles. The first kappa shape index (κ1) is 16.3. The van der Waals surface area contributed by atoms with Crippen LogP contribution < -0.4 is 15.4 Å². The van der Waals surface area contributed by atoms with Gasteiger partial charge in [-0.1, -0.05) is 18.2 Å². The standard InChI is InChI=1S/C15H24N2O3/c1-11(2)20-14-8-6-5-7-13(14)9-16-15(18)17-12(3)10-19-4/h5-8,11-12H,9-10H2,1-4H3,(H2,16,17,18). The normalized spacial score (nSPS) is 12.1. The van der Waals surface area contributed by atoms with Gasteiger partial charge >= 0.3 is 6.03 Å². The van der Waals surface area contributed by atoms with Gasteiger partial charge in [-0.2, -0.15) is 0 Å². The Kier molecular flexibility index (Phi) is 6.87. The number of rotatable bonds is 7. The van der Waals surface area contributed by atoms with Crippen LogP contribution in [0.1, 0.15) is 26.3 Å². The predicted octanol–water partition coefficient (Wildman–Crippen LogP) is 2.31. The van der Waals surface area contributed by atoms with Crippen LogP contribution in [0.2, 0.25) is 0 Å². The van der Waals surface area contributed by atoms with Gasteiger partial charge in [0.05, 0.1) is 18.8 Å². The first-order valence-corrected chi connectivity index (χ1v) is 6.80. The molecule has 0 radical (unpaired) electrons. The number of hydrogen-bond donors (Lipinski definition) is 2. The second-order valence-electron chi connectivity index (χ2n) is 4.96. The monoisotopic (exact) mass is 280 g/mol. The Balaban J connectivity index is 2.50. The fraction of sp³-hybridized carbons (Fsp3) is 0.533. The number of methoxy groups -OCH3 is 1. The Morgan fingerprint density at radius 3 is 2.60 bits per heavy atom. The number of urea groups is 1. The van der Waals surface area contributed by atoms with E-state index in [9.17, 15) is 4.79 Å². The highest BCUT2D eigenvalue weighted by molar-refractivity contribution is 5.74. The summed E-state index contributed by atoms with van der Waals surface area (Å²) in [7, 11) is 1.61. The van der Waals surface area contributed by atoms with Gasteiger partial charge in [0.25, 0.3) is 0 Å². The van der Waals surface area contributed by atoms with Crippen molar-refractivity contribution in [3.05, 3.63) is 29.8 Å². The van der Waals surface area contributed by atoms with E-state index in [1.807, 2.05) is 45.0 Å². The third-order valence-corrected chi connectivity index (χ3v) is 2.57. The molecule has 112 valence electrons. The second kappa shape index (κ2) is 8.43. The topological polar surface area (TPSA) is 59.6 Å². The van der Waals surface area contributed by atoms with Crippen molar-refractivity contribution in [3.63, 3.8) is 0 Å². The summed E-state index contributed by atoms with van der Waals surface area (Å²) in [6, 6.07) is 7.45. The average molecular weight is 280 g/mol. The summed E-state index contributed by atoms with van der Waals surface area (Å²) in [5, 5.41) is 5.61. The van der Waals surface area contributed by atoms with Crippen LogP contribution >= 0.6 is 0 Å². The number of ether oxygens (including phenoxy) is 2. The van der Waals surface area contributed by atoms with E-state index in [0.29, 0.717) is 13.2 Å². The van der Waals surface area contributed by atoms with Crippen molar-refractivity contribution in [2.75, 3.05) is 13.7 Å². The lowest BCUT2D eigenvalue weighted by molar-refractivity contribution is 0.171. The lowest BCUT2D eigenvalue weighted by Gasteiger charge is -2.16. The molecule has 0 aliphatic heterocycles. The van der Waals surface area contributed by atoms with Crippen molar-refractivity contribution in [1.82, 2.24) is 10.6 Å². The molecule has 0 bridgehead atoms. The maximum Gasteiger partial charge on any atom is 0.315 e. The summed E-state index contributed by atoms with van der Waals surface area (Å²) >= 11 is 0. The van der Waals surface area contributed by atoms with E-state index in [-0.39, 0.29) is 18.2 Å². The van der Waals surface area contributed by atoms with E-state index < -0.39 is 0 Å². The Bertz CT molecular complexity index is 421. The lowest BCUT2D eigenvalue weighted by atomic mass is 10.2. The predicted molar refractivity (Wildman–Crippen MR) is 78.9 cm³/mol. The van der Waals surface area contributed by atoms with E-state index >= 15 is 0 Å². The van der Waals surface area contributed by atoms with Crippen LogP contribution in [0, 0.1) is 0 Å². The van der Waals surface area contributed by atoms with Crippen LogP contribution in [0.3, 0.4) is 0 Å². The molecular weight excluding hydrogens is 256 g/mol. The molecule has 5 heteroatoms. The summed E-state index contributed by atoms with van der Waals surface area (Å²) in [5.74, 6) is 0.799. The van der Waals surface area contributed by atoms with E-state index in [2.05, 4.69) is 10.6 Å². The molecule has 2 N–H and O–H groups in total. The summed E-state index contributed by atoms with van der Waals surface area (Å²) in [5.41, 5.74) is 0.954. The average Bonchev–Trinajstić information content (AvgIpc) is 2.37. The van der Waals surface area contributed by atoms with Crippen molar-refractivity contribution in [2.45, 2.75) is 39.5 Å². The molecule has 0 fully saturated rings. The Morgan fingerprint density at radius 2 is 1.95 bits per heavy atom. The Labute approximate surface area is 120 Å². The number of amides is 2. The van der Waals surface area contributed by atoms with Gasteiger partial charge in [-0.3, -0.25) is 0 Å². The lowest BCUT2D eigenvalue weighted by Crippen LogP contribution is -2.42. The van der Waals surface area contributed by atoms with E-state index in [1.165, 1.54) is 0 Å². The van der Waals surface area contributed by atoms with Gasteiger partial charge in [0.2, 0.25) is 0 Å². The Morgan fingerprint density at radius 1 is 1.25 bits per heavy atom. The van der Waals surface area contributed by atoms with Crippen LogP contribution in [0.25, 0.3) is 0 Å². The third kappa shape index (κ3) is 5.93. The zero-order valence-corrected chi connectivity index (χ0v) is 12.6. The van der Waals surface area contributed by atoms with Crippen molar-refractivity contribution in [3.8, 4) is 5.75 Å². The molecule has 0 heterocycles. The first-order chi connectivity index (χ1) is 9.52. The van der Waals surface area contributed by atoms with Gasteiger partial charge in [0.15, 0.2) is 0 Å². The summed E-state index contributed by atoms with van der Waals surface area (Å²) in [6.07, 6.45) is 0.103. The fourth-order valence-corrected chi connectivity index (χ4v) is 1.76. The number of nitrogens with one attached hydrogen (secondary N) is 2. The Hall–Kier alpha value is -1.75. The molecule has 0 aromatic heterocycles. The largest absolute Gasteiger partial charge is 0.491 e. The minimum Gasteiger partial charge on any atom is -0.491 e. The molecule has 0 saturated heterocycles. The molecule has 0 spiro atoms. The molecule has 0 saturated carbocycles. The molecule has 0 aliphatic rings. The smallest absolute Gasteiger partial charge is 0.315 e. The summed E-state index contributed by atoms with van der Waals surface area (Å²) < 4.78 is 10.7. The number of carbonyl (C=O) groups excluding carboxylic acids is 1. The molecule has 1 atom stereocenters. The highest BCUT2D eigenvalue weighted by atomic mass is 16.5. The SMILES string of the molecule is COCC(C)NC(=O)NCc1ccccc1OC(C)C. The van der Waals surface area contributed by atoms with E-state index in [0.717, 1.165) is 11.3 Å². The molecule has 1 aromatic rings. The van der Waals surface area contributed by atoms with Gasteiger partial charge in [-0.05, 0) is 26.8 Å². The number of para-hydroxylation sites is 1. The third-order valence-electron chi connectivity index (χ3n) is 2.57. The minimum atomic E-state index is -0.214. The molecule has 20 heavy (non-hydrogen) atoms. The molecule has 2 amide bonds. The van der Waals surface area contributed by atoms with Crippen LogP contribution in [0.15, 0.2) is 24.3 Å². The number of carbonyl (C=O) groups is 1. The molecular formula is C15H24N2O3. The summed E-state index contributed by atoms with van der Waals surface area (Å²) in [4.78, 5) is 11.7. The molecule has 5 nitrogen and oxygen atoms in total. The van der Waals surface area contributed by atoms with Crippen molar-refractivity contribution >= 4 is 6.03 Å². The van der Waals surface area contributed by atoms with E-state index in [4.69, 9.17) is 9.47 Å². The zero-order valence-electron chi connectivity index (χ0n) is 12.6. The van der Waals surface area contributed by atoms with Gasteiger partial charge in [-0.15, -0.1) is 0 Å². The van der Waals surface area contributed by atoms with Crippen molar-refractivity contribution in [1.29, 1.82) is 0 Å². The van der Waals surface area contributed by atoms with Gasteiger partial charge in [0.1, 0.15) is 5.75 Å². The highest BCUT2D eigenvalue weighted by Crippen LogP contribution is 2.18. The van der Waals surface area contributed by atoms with Gasteiger partial charge in [-0.25, -0.2) is 4.79 Å². The van der Waals surface area contributed by atoms with Gasteiger partial charge < -0.3 is 20.1 Å². The fourth-order valence-electron chi connectivity index (χ4n) is 1.76. The van der Waals surface area contributed by atoms with Crippen LogP contribution in [-0.2, 0) is 11.3 Å². The molecule has 1 aromatic carbocycles. The maximum absolute atomic E-state index is 11.7. The molecule has 1 unspecified atom stereocenters. The van der Waals surface area contributed by atoms with Crippen molar-refractivity contribution in [2.24, 2.45) is 0 Å². The number of hydrogen-bond acceptors (Lipinski definition) is 3. The van der Waals surface area contributed by atoms with Crippen LogP contribution in [0.4, 0.5) is 4.79 Å². The second-order valence-corrected chi connectivity index (χ2v) is 4.96. The zero-order chi connectivity index (χ0) is 15.0. The number of benzene rings is 1. The quantitative estimate of drug-likeness (QED) is 0.805. The minimum absolute atomic E-state index is 0.0258. The van der Waals surface area contributed by atoms with Gasteiger partial charge in [0, 0.05) is 19.2 Å². The molecule has 1 rings (SSSR count). The maximum atomic E-state index is 11.7. The van der Waals surface area contributed by atoms with Crippen molar-refractivity contribution < 1.29 is 14.3 Å². The highest BCUT2D eigenvalue weighted by Gasteiger charge is 2.09. The van der Waals surface area contributed by atoms with E-state index in [1.54, 1.807) is 7.11 Å². The van der Waals surface area contributed by atoms with Crippen LogP contribution in [-0.4, -0.2) is 31.9 Å². The first-order valence-electron chi connectivity index (χ1n) is 6.80. The van der Waals surface area contributed by atoms with Crippen LogP contribution in [0.5, 0.6) is 5.75 Å². The summed E-state index contributed by atoms with van der Waals surface area (Å²) in [6.45, 7) is 6.75.